The zero-order valence-electron chi connectivity index (χ0n) is 17.5. The van der Waals surface area contributed by atoms with E-state index in [0.29, 0.717) is 12.8 Å². The van der Waals surface area contributed by atoms with Gasteiger partial charge in [0.2, 0.25) is 0 Å². The van der Waals surface area contributed by atoms with Gasteiger partial charge < -0.3 is 4.74 Å². The second-order valence-corrected chi connectivity index (χ2v) is 10.1. The van der Waals surface area contributed by atoms with Gasteiger partial charge >= 0.3 is 13.8 Å². The van der Waals surface area contributed by atoms with E-state index in [4.69, 9.17) is 18.3 Å². The third-order valence-electron chi connectivity index (χ3n) is 5.08. The van der Waals surface area contributed by atoms with Gasteiger partial charge in [-0.15, -0.1) is 0 Å². The van der Waals surface area contributed by atoms with E-state index in [1.165, 1.54) is 6.26 Å². The van der Waals surface area contributed by atoms with Crippen molar-refractivity contribution >= 4 is 24.6 Å². The number of hydrogen-bond acceptors (Lipinski definition) is 7. The molecule has 2 rings (SSSR count). The second-order valence-electron chi connectivity index (χ2n) is 6.83. The summed E-state index contributed by atoms with van der Waals surface area (Å²) in [5.74, 6) is -0.603. The Morgan fingerprint density at radius 3 is 2.24 bits per heavy atom. The van der Waals surface area contributed by atoms with Crippen molar-refractivity contribution in [1.82, 2.24) is 0 Å². The van der Waals surface area contributed by atoms with Crippen molar-refractivity contribution < 1.29 is 31.9 Å². The summed E-state index contributed by atoms with van der Waals surface area (Å²) in [6, 6.07) is 9.78. The number of benzene rings is 1. The van der Waals surface area contributed by atoms with Crippen LogP contribution in [0, 0.1) is 0 Å². The Bertz CT molecular complexity index is 732. The zero-order chi connectivity index (χ0) is 21.5. The average molecular weight is 447 g/mol. The number of phosphoric acid groups is 1. The Morgan fingerprint density at radius 2 is 1.72 bits per heavy atom. The number of carbonyl (C=O) groups is 1. The molecule has 0 bridgehead atoms. The summed E-state index contributed by atoms with van der Waals surface area (Å²) in [5, 5.41) is 0. The first-order valence-electron chi connectivity index (χ1n) is 9.96. The summed E-state index contributed by atoms with van der Waals surface area (Å²) in [4.78, 5) is 13.1. The Morgan fingerprint density at radius 1 is 1.10 bits per heavy atom. The molecule has 1 aliphatic rings. The molecule has 164 valence electrons. The smallest absolute Gasteiger partial charge is 0.465 e. The van der Waals surface area contributed by atoms with Crippen LogP contribution in [0.4, 0.5) is 0 Å². The molecule has 1 fully saturated rings. The fraction of sp³-hybridized carbons (Fsp3) is 0.650. The first-order valence-corrected chi connectivity index (χ1v) is 13.0. The van der Waals surface area contributed by atoms with Crippen molar-refractivity contribution in [2.45, 2.75) is 56.8 Å². The quantitative estimate of drug-likeness (QED) is 0.393. The standard InChI is InChI=1S/C20H31O7PS/c1-5-24-19(21)20(29(4)23)15-17(16-11-9-8-10-12-16)13-14-18(20)27-28(22,25-6-2)26-7-3/h8-12,17-18H,5-7,13-15H2,1-4H3/t17-,18-,20+,29-/m0/s1. The number of ether oxygens (including phenoxy) is 1. The molecule has 0 amide bonds. The van der Waals surface area contributed by atoms with Crippen molar-refractivity contribution in [3.63, 3.8) is 0 Å². The minimum absolute atomic E-state index is 0.00271. The molecule has 0 radical (unpaired) electrons. The van der Waals surface area contributed by atoms with Crippen molar-refractivity contribution in [3.05, 3.63) is 35.9 Å². The van der Waals surface area contributed by atoms with Crippen LogP contribution >= 0.6 is 7.82 Å². The summed E-state index contributed by atoms with van der Waals surface area (Å²) in [6.45, 7) is 5.45. The van der Waals surface area contributed by atoms with E-state index in [-0.39, 0.29) is 32.2 Å². The van der Waals surface area contributed by atoms with Gasteiger partial charge in [-0.05, 0) is 51.5 Å². The van der Waals surface area contributed by atoms with Gasteiger partial charge in [-0.2, -0.15) is 0 Å². The lowest BCUT2D eigenvalue weighted by molar-refractivity contribution is -0.151. The van der Waals surface area contributed by atoms with Gasteiger partial charge in [0.25, 0.3) is 0 Å². The summed E-state index contributed by atoms with van der Waals surface area (Å²) in [7, 11) is -5.54. The highest BCUT2D eigenvalue weighted by molar-refractivity contribution is 7.86. The van der Waals surface area contributed by atoms with E-state index >= 15 is 0 Å². The fourth-order valence-electron chi connectivity index (χ4n) is 3.79. The van der Waals surface area contributed by atoms with Gasteiger partial charge in [0.15, 0.2) is 4.75 Å². The molecule has 0 aromatic heterocycles. The largest absolute Gasteiger partial charge is 0.475 e. The van der Waals surface area contributed by atoms with E-state index in [0.717, 1.165) is 5.56 Å². The molecule has 9 heteroatoms. The Kier molecular flexibility index (Phi) is 9.04. The number of esters is 1. The van der Waals surface area contributed by atoms with Crippen LogP contribution in [0.2, 0.25) is 0 Å². The molecule has 1 aromatic rings. The SMILES string of the molecule is CCOC(=O)[C@@]1([S@](C)=O)C[C@@H](c2ccccc2)CC[C@@H]1OP(=O)(OCC)OCC. The van der Waals surface area contributed by atoms with Gasteiger partial charge in [-0.1, -0.05) is 30.3 Å². The molecular formula is C20H31O7PS. The molecule has 0 spiro atoms. The summed E-state index contributed by atoms with van der Waals surface area (Å²) in [6.07, 6.45) is 1.89. The van der Waals surface area contributed by atoms with Gasteiger partial charge in [0.05, 0.1) is 25.9 Å². The second kappa shape index (κ2) is 10.8. The van der Waals surface area contributed by atoms with E-state index in [9.17, 15) is 13.6 Å². The molecule has 7 nitrogen and oxygen atoms in total. The van der Waals surface area contributed by atoms with E-state index < -0.39 is 35.4 Å². The van der Waals surface area contributed by atoms with E-state index in [2.05, 4.69) is 0 Å². The molecule has 4 atom stereocenters. The van der Waals surface area contributed by atoms with Crippen LogP contribution in [0.25, 0.3) is 0 Å². The predicted molar refractivity (Wildman–Crippen MR) is 112 cm³/mol. The number of hydrogen-bond donors (Lipinski definition) is 0. The summed E-state index contributed by atoms with van der Waals surface area (Å²) >= 11 is 0. The van der Waals surface area contributed by atoms with E-state index in [1.807, 2.05) is 30.3 Å². The third-order valence-corrected chi connectivity index (χ3v) is 8.37. The molecule has 1 saturated carbocycles. The first kappa shape index (κ1) is 24.2. The minimum atomic E-state index is -3.90. The van der Waals surface area contributed by atoms with Crippen molar-refractivity contribution in [1.29, 1.82) is 0 Å². The fourth-order valence-corrected chi connectivity index (χ4v) is 6.55. The Hall–Kier alpha value is -1.05. The summed E-state index contributed by atoms with van der Waals surface area (Å²) in [5.41, 5.74) is 1.06. The lowest BCUT2D eigenvalue weighted by atomic mass is 9.75. The molecule has 0 aliphatic heterocycles. The first-order chi connectivity index (χ1) is 13.8. The summed E-state index contributed by atoms with van der Waals surface area (Å²) < 4.78 is 46.2. The maximum Gasteiger partial charge on any atom is 0.475 e. The van der Waals surface area contributed by atoms with Crippen LogP contribution in [0.15, 0.2) is 30.3 Å². The number of rotatable bonds is 10. The maximum absolute atomic E-state index is 13.1. The van der Waals surface area contributed by atoms with Crippen LogP contribution in [-0.2, 0) is 38.5 Å². The van der Waals surface area contributed by atoms with Crippen LogP contribution < -0.4 is 0 Å². The molecule has 0 saturated heterocycles. The average Bonchev–Trinajstić information content (AvgIpc) is 2.69. The van der Waals surface area contributed by atoms with Crippen LogP contribution in [0.3, 0.4) is 0 Å². The molecule has 29 heavy (non-hydrogen) atoms. The lowest BCUT2D eigenvalue weighted by Crippen LogP contribution is -2.57. The van der Waals surface area contributed by atoms with Crippen molar-refractivity contribution in [2.75, 3.05) is 26.1 Å². The lowest BCUT2D eigenvalue weighted by Gasteiger charge is -2.43. The normalized spacial score (nSPS) is 26.1. The van der Waals surface area contributed by atoms with Crippen molar-refractivity contribution in [2.24, 2.45) is 0 Å². The Balaban J connectivity index is 2.44. The third kappa shape index (κ3) is 5.56. The topological polar surface area (TPSA) is 88.1 Å². The minimum Gasteiger partial charge on any atom is -0.465 e. The highest BCUT2D eigenvalue weighted by Crippen LogP contribution is 2.55. The van der Waals surface area contributed by atoms with Crippen LogP contribution in [-0.4, -0.2) is 47.1 Å². The molecular weight excluding hydrogens is 415 g/mol. The van der Waals surface area contributed by atoms with Crippen molar-refractivity contribution in [3.8, 4) is 0 Å². The molecule has 0 unspecified atom stereocenters. The molecule has 0 heterocycles. The van der Waals surface area contributed by atoms with Gasteiger partial charge in [0.1, 0.15) is 0 Å². The van der Waals surface area contributed by atoms with Crippen LogP contribution in [0.5, 0.6) is 0 Å². The number of phosphoric ester groups is 1. The highest BCUT2D eigenvalue weighted by atomic mass is 32.2. The van der Waals surface area contributed by atoms with E-state index in [1.54, 1.807) is 20.8 Å². The molecule has 1 aromatic carbocycles. The Labute approximate surface area is 175 Å². The molecule has 0 N–H and O–H groups in total. The maximum atomic E-state index is 13.1. The van der Waals surface area contributed by atoms with Gasteiger partial charge in [-0.3, -0.25) is 22.6 Å². The number of carbonyl (C=O) groups excluding carboxylic acids is 1. The highest BCUT2D eigenvalue weighted by Gasteiger charge is 2.57. The predicted octanol–water partition coefficient (Wildman–Crippen LogP) is 4.20. The van der Waals surface area contributed by atoms with Crippen LogP contribution in [0.1, 0.15) is 51.5 Å². The monoisotopic (exact) mass is 446 g/mol. The zero-order valence-corrected chi connectivity index (χ0v) is 19.2. The van der Waals surface area contributed by atoms with Gasteiger partial charge in [-0.25, -0.2) is 4.57 Å². The van der Waals surface area contributed by atoms with Gasteiger partial charge in [0, 0.05) is 17.1 Å². The molecule has 1 aliphatic carbocycles.